The molecule has 1 nitrogen and oxygen atoms in total. The van der Waals surface area contributed by atoms with Crippen molar-refractivity contribution in [2.24, 2.45) is 0 Å². The molecule has 0 spiro atoms. The lowest BCUT2D eigenvalue weighted by Crippen LogP contribution is -2.14. The third-order valence-electron chi connectivity index (χ3n) is 2.06. The first-order valence-electron chi connectivity index (χ1n) is 5.03. The molecule has 17 heavy (non-hydrogen) atoms. The fourth-order valence-corrected chi connectivity index (χ4v) is 1.23. The Balaban J connectivity index is 3.17. The standard InChI is InChI=1S/C13H13F3O/c1-9-4-5-10(6-7-12(2,3)17)8-11(9)13(14,15)16/h4-5,8,17H,1-3H3. The van der Waals surface area contributed by atoms with E-state index in [-0.39, 0.29) is 11.1 Å². The molecule has 0 radical (unpaired) electrons. The zero-order valence-electron chi connectivity index (χ0n) is 9.81. The molecule has 0 atom stereocenters. The Hall–Kier alpha value is -1.47. The van der Waals surface area contributed by atoms with E-state index in [9.17, 15) is 18.3 Å². The SMILES string of the molecule is Cc1ccc(C#CC(C)(C)O)cc1C(F)(F)F. The molecule has 0 saturated carbocycles. The second-order valence-corrected chi connectivity index (χ2v) is 4.34. The van der Waals surface area contributed by atoms with Crippen LogP contribution >= 0.6 is 0 Å². The lowest BCUT2D eigenvalue weighted by Gasteiger charge is -2.10. The smallest absolute Gasteiger partial charge is 0.378 e. The predicted octanol–water partition coefficient (Wildman–Crippen LogP) is 3.14. The van der Waals surface area contributed by atoms with Gasteiger partial charge in [0.2, 0.25) is 0 Å². The van der Waals surface area contributed by atoms with Crippen LogP contribution in [0.15, 0.2) is 18.2 Å². The summed E-state index contributed by atoms with van der Waals surface area (Å²) in [6, 6.07) is 3.87. The Bertz CT molecular complexity index is 470. The van der Waals surface area contributed by atoms with Crippen LogP contribution in [0.3, 0.4) is 0 Å². The molecule has 1 rings (SSSR count). The monoisotopic (exact) mass is 242 g/mol. The third-order valence-corrected chi connectivity index (χ3v) is 2.06. The molecule has 0 amide bonds. The summed E-state index contributed by atoms with van der Waals surface area (Å²) < 4.78 is 37.8. The van der Waals surface area contributed by atoms with Crippen LogP contribution in [0.2, 0.25) is 0 Å². The van der Waals surface area contributed by atoms with Gasteiger partial charge in [-0.15, -0.1) is 0 Å². The van der Waals surface area contributed by atoms with Gasteiger partial charge >= 0.3 is 6.18 Å². The van der Waals surface area contributed by atoms with Crippen LogP contribution in [-0.4, -0.2) is 10.7 Å². The van der Waals surface area contributed by atoms with Gasteiger partial charge in [-0.25, -0.2) is 0 Å². The molecule has 0 bridgehead atoms. The zero-order chi connectivity index (χ0) is 13.3. The Labute approximate surface area is 98.3 Å². The normalized spacial score (nSPS) is 11.9. The second kappa shape index (κ2) is 4.42. The third kappa shape index (κ3) is 4.12. The van der Waals surface area contributed by atoms with Crippen LogP contribution in [0.1, 0.15) is 30.5 Å². The van der Waals surface area contributed by atoms with Crippen molar-refractivity contribution in [2.75, 3.05) is 0 Å². The summed E-state index contributed by atoms with van der Waals surface area (Å²) in [5.74, 6) is 5.00. The maximum absolute atomic E-state index is 12.6. The van der Waals surface area contributed by atoms with Gasteiger partial charge in [-0.3, -0.25) is 0 Å². The summed E-state index contributed by atoms with van der Waals surface area (Å²) in [6.45, 7) is 4.34. The van der Waals surface area contributed by atoms with Crippen molar-refractivity contribution in [2.45, 2.75) is 32.5 Å². The average molecular weight is 242 g/mol. The Morgan fingerprint density at radius 3 is 2.24 bits per heavy atom. The van der Waals surface area contributed by atoms with Crippen LogP contribution in [0.4, 0.5) is 13.2 Å². The van der Waals surface area contributed by atoms with Crippen molar-refractivity contribution >= 4 is 0 Å². The largest absolute Gasteiger partial charge is 0.416 e. The highest BCUT2D eigenvalue weighted by atomic mass is 19.4. The van der Waals surface area contributed by atoms with Gasteiger partial charge < -0.3 is 5.11 Å². The summed E-state index contributed by atoms with van der Waals surface area (Å²) in [5, 5.41) is 9.37. The van der Waals surface area contributed by atoms with E-state index in [4.69, 9.17) is 0 Å². The van der Waals surface area contributed by atoms with E-state index < -0.39 is 17.3 Å². The van der Waals surface area contributed by atoms with Crippen LogP contribution in [0.25, 0.3) is 0 Å². The molecule has 0 aliphatic rings. The first-order valence-corrected chi connectivity index (χ1v) is 5.03. The number of hydrogen-bond donors (Lipinski definition) is 1. The van der Waals surface area contributed by atoms with E-state index >= 15 is 0 Å². The van der Waals surface area contributed by atoms with Crippen molar-refractivity contribution in [1.29, 1.82) is 0 Å². The van der Waals surface area contributed by atoms with Crippen LogP contribution in [-0.2, 0) is 6.18 Å². The molecule has 0 saturated heterocycles. The van der Waals surface area contributed by atoms with Gasteiger partial charge in [-0.1, -0.05) is 17.9 Å². The molecule has 0 aromatic heterocycles. The molecule has 0 unspecified atom stereocenters. The number of alkyl halides is 3. The molecule has 0 aliphatic carbocycles. The van der Waals surface area contributed by atoms with E-state index in [1.165, 1.54) is 32.9 Å². The average Bonchev–Trinajstić information content (AvgIpc) is 2.13. The molecule has 1 aromatic rings. The number of benzene rings is 1. The first-order chi connectivity index (χ1) is 7.59. The van der Waals surface area contributed by atoms with Crippen LogP contribution in [0.5, 0.6) is 0 Å². The Morgan fingerprint density at radius 2 is 1.76 bits per heavy atom. The van der Waals surface area contributed by atoms with Crippen molar-refractivity contribution in [3.8, 4) is 11.8 Å². The highest BCUT2D eigenvalue weighted by Crippen LogP contribution is 2.32. The maximum atomic E-state index is 12.6. The Kier molecular flexibility index (Phi) is 3.53. The molecular weight excluding hydrogens is 229 g/mol. The van der Waals surface area contributed by atoms with Gasteiger partial charge in [-0.05, 0) is 38.5 Å². The number of aliphatic hydroxyl groups is 1. The maximum Gasteiger partial charge on any atom is 0.416 e. The lowest BCUT2D eigenvalue weighted by atomic mass is 10.0. The summed E-state index contributed by atoms with van der Waals surface area (Å²) >= 11 is 0. The quantitative estimate of drug-likeness (QED) is 0.693. The van der Waals surface area contributed by atoms with Gasteiger partial charge in [0.05, 0.1) is 5.56 Å². The molecule has 0 heterocycles. The van der Waals surface area contributed by atoms with Gasteiger partial charge in [-0.2, -0.15) is 13.2 Å². The molecule has 4 heteroatoms. The summed E-state index contributed by atoms with van der Waals surface area (Å²) in [7, 11) is 0. The Morgan fingerprint density at radius 1 is 1.18 bits per heavy atom. The van der Waals surface area contributed by atoms with Crippen LogP contribution < -0.4 is 0 Å². The minimum atomic E-state index is -4.38. The summed E-state index contributed by atoms with van der Waals surface area (Å²) in [6.07, 6.45) is -4.38. The van der Waals surface area contributed by atoms with E-state index in [1.807, 2.05) is 0 Å². The second-order valence-electron chi connectivity index (χ2n) is 4.34. The van der Waals surface area contributed by atoms with Crippen molar-refractivity contribution in [1.82, 2.24) is 0 Å². The summed E-state index contributed by atoms with van der Waals surface area (Å²) in [5.41, 5.74) is -1.51. The number of rotatable bonds is 0. The number of aryl methyl sites for hydroxylation is 1. The van der Waals surface area contributed by atoms with Crippen molar-refractivity contribution in [3.05, 3.63) is 34.9 Å². The van der Waals surface area contributed by atoms with Gasteiger partial charge in [0, 0.05) is 5.56 Å². The molecule has 0 fully saturated rings. The minimum absolute atomic E-state index is 0.159. The van der Waals surface area contributed by atoms with Crippen molar-refractivity contribution < 1.29 is 18.3 Å². The fraction of sp³-hybridized carbons (Fsp3) is 0.385. The van der Waals surface area contributed by atoms with Gasteiger partial charge in [0.25, 0.3) is 0 Å². The predicted molar refractivity (Wildman–Crippen MR) is 59.4 cm³/mol. The van der Waals surface area contributed by atoms with E-state index in [1.54, 1.807) is 0 Å². The molecular formula is C13H13F3O. The van der Waals surface area contributed by atoms with Crippen molar-refractivity contribution in [3.63, 3.8) is 0 Å². The van der Waals surface area contributed by atoms with E-state index in [2.05, 4.69) is 11.8 Å². The number of halogens is 3. The summed E-state index contributed by atoms with van der Waals surface area (Å²) in [4.78, 5) is 0. The number of hydrogen-bond acceptors (Lipinski definition) is 1. The highest BCUT2D eigenvalue weighted by Gasteiger charge is 2.32. The van der Waals surface area contributed by atoms with E-state index in [0.29, 0.717) is 0 Å². The van der Waals surface area contributed by atoms with Gasteiger partial charge in [0.15, 0.2) is 0 Å². The lowest BCUT2D eigenvalue weighted by molar-refractivity contribution is -0.138. The molecule has 1 N–H and O–H groups in total. The minimum Gasteiger partial charge on any atom is -0.378 e. The zero-order valence-corrected chi connectivity index (χ0v) is 9.81. The van der Waals surface area contributed by atoms with Gasteiger partial charge in [0.1, 0.15) is 5.60 Å². The molecule has 1 aromatic carbocycles. The topological polar surface area (TPSA) is 20.2 Å². The van der Waals surface area contributed by atoms with Crippen LogP contribution in [0, 0.1) is 18.8 Å². The molecule has 0 aliphatic heterocycles. The fourth-order valence-electron chi connectivity index (χ4n) is 1.23. The highest BCUT2D eigenvalue weighted by molar-refractivity contribution is 5.42. The van der Waals surface area contributed by atoms with E-state index in [0.717, 1.165) is 6.07 Å². The first kappa shape index (κ1) is 13.6. The molecule has 92 valence electrons.